The third kappa shape index (κ3) is 7.93. The molecule has 11 heteroatoms. The number of amides is 1. The van der Waals surface area contributed by atoms with Crippen LogP contribution in [0.2, 0.25) is 0 Å². The number of aliphatic imine (C=N–C) groups is 1. The molecule has 0 bridgehead atoms. The minimum absolute atomic E-state index is 0.0389. The highest BCUT2D eigenvalue weighted by Crippen LogP contribution is 2.32. The molecule has 4 N–H and O–H groups in total. The minimum Gasteiger partial charge on any atom is -0.497 e. The molecular weight excluding hydrogens is 538 g/mol. The average molecular weight is 566 g/mol. The summed E-state index contributed by atoms with van der Waals surface area (Å²) in [5.74, 6) is -0.759. The van der Waals surface area contributed by atoms with Gasteiger partial charge in [0.25, 0.3) is 5.91 Å². The lowest BCUT2D eigenvalue weighted by Crippen LogP contribution is -2.27. The number of anilines is 1. The van der Waals surface area contributed by atoms with E-state index >= 15 is 0 Å². The summed E-state index contributed by atoms with van der Waals surface area (Å²) in [5.41, 5.74) is 4.29. The van der Waals surface area contributed by atoms with Gasteiger partial charge in [-0.05, 0) is 85.0 Å². The van der Waals surface area contributed by atoms with Crippen LogP contribution in [0.25, 0.3) is 0 Å². The number of ether oxygens (including phenoxy) is 1. The second-order valence-corrected chi connectivity index (χ2v) is 9.51. The standard InChI is InChI=1S/C30H27F4N5O2/c1-41-23-7-3-5-20(13-23)28(37-17-18-8-9-18)21-10-11-24(31)25(14-21)39-29(40)26(15-27(36)30(32,33)34)38-22-6-2-4-19(12-22)16-35/h2-7,10-15,18,28,37H,8-9,17,36H2,1H3,(H,39,40). The summed E-state index contributed by atoms with van der Waals surface area (Å²) in [6, 6.07) is 18.6. The quantitative estimate of drug-likeness (QED) is 0.209. The summed E-state index contributed by atoms with van der Waals surface area (Å²) in [7, 11) is 1.55. The predicted octanol–water partition coefficient (Wildman–Crippen LogP) is 5.91. The van der Waals surface area contributed by atoms with Crippen LogP contribution in [0.3, 0.4) is 0 Å². The zero-order valence-electron chi connectivity index (χ0n) is 22.0. The molecule has 3 aromatic carbocycles. The number of allylic oxidation sites excluding steroid dienone is 1. The number of carbonyl (C=O) groups is 1. The van der Waals surface area contributed by atoms with E-state index in [9.17, 15) is 22.4 Å². The first-order valence-electron chi connectivity index (χ1n) is 12.7. The van der Waals surface area contributed by atoms with E-state index in [1.54, 1.807) is 19.2 Å². The van der Waals surface area contributed by atoms with Gasteiger partial charge in [-0.1, -0.05) is 24.3 Å². The Balaban J connectivity index is 1.69. The highest BCUT2D eigenvalue weighted by atomic mass is 19.4. The molecule has 1 aliphatic carbocycles. The summed E-state index contributed by atoms with van der Waals surface area (Å²) >= 11 is 0. The van der Waals surface area contributed by atoms with Gasteiger partial charge in [0.1, 0.15) is 23.0 Å². The zero-order chi connectivity index (χ0) is 29.6. The molecule has 1 saturated carbocycles. The van der Waals surface area contributed by atoms with Gasteiger partial charge in [0, 0.05) is 0 Å². The Hall–Kier alpha value is -4.69. The van der Waals surface area contributed by atoms with E-state index in [0.29, 0.717) is 23.3 Å². The number of nitrogens with zero attached hydrogens (tertiary/aromatic N) is 2. The van der Waals surface area contributed by atoms with Crippen molar-refractivity contribution in [3.05, 3.63) is 101 Å². The summed E-state index contributed by atoms with van der Waals surface area (Å²) in [6.07, 6.45) is -2.35. The van der Waals surface area contributed by atoms with Crippen molar-refractivity contribution in [3.63, 3.8) is 0 Å². The zero-order valence-corrected chi connectivity index (χ0v) is 22.0. The number of nitrogens with one attached hydrogen (secondary N) is 2. The van der Waals surface area contributed by atoms with E-state index in [-0.39, 0.29) is 23.0 Å². The smallest absolute Gasteiger partial charge is 0.430 e. The fourth-order valence-electron chi connectivity index (χ4n) is 4.02. The summed E-state index contributed by atoms with van der Waals surface area (Å²) < 4.78 is 59.9. The van der Waals surface area contributed by atoms with Crippen LogP contribution < -0.4 is 21.1 Å². The summed E-state index contributed by atoms with van der Waals surface area (Å²) in [4.78, 5) is 17.1. The van der Waals surface area contributed by atoms with Crippen molar-refractivity contribution < 1.29 is 27.1 Å². The van der Waals surface area contributed by atoms with Crippen LogP contribution in [0, 0.1) is 23.1 Å². The molecule has 41 heavy (non-hydrogen) atoms. The fourth-order valence-corrected chi connectivity index (χ4v) is 4.02. The Morgan fingerprint density at radius 2 is 1.88 bits per heavy atom. The maximum atomic E-state index is 14.9. The molecule has 7 nitrogen and oxygen atoms in total. The fraction of sp³-hybridized carbons (Fsp3) is 0.233. The molecule has 1 aliphatic rings. The molecule has 0 spiro atoms. The Morgan fingerprint density at radius 1 is 1.15 bits per heavy atom. The molecule has 0 saturated heterocycles. The van der Waals surface area contributed by atoms with Crippen molar-refractivity contribution in [1.82, 2.24) is 5.32 Å². The van der Waals surface area contributed by atoms with Crippen LogP contribution in [0.4, 0.5) is 28.9 Å². The third-order valence-electron chi connectivity index (χ3n) is 6.38. The Morgan fingerprint density at radius 3 is 2.56 bits per heavy atom. The van der Waals surface area contributed by atoms with Gasteiger partial charge in [0.15, 0.2) is 0 Å². The van der Waals surface area contributed by atoms with Crippen molar-refractivity contribution in [2.75, 3.05) is 19.0 Å². The second-order valence-electron chi connectivity index (χ2n) is 9.51. The number of nitriles is 1. The monoisotopic (exact) mass is 565 g/mol. The molecule has 0 aliphatic heterocycles. The lowest BCUT2D eigenvalue weighted by atomic mass is 9.97. The number of benzene rings is 3. The Labute approximate surface area is 234 Å². The van der Waals surface area contributed by atoms with Gasteiger partial charge in [-0.2, -0.15) is 18.4 Å². The molecule has 0 heterocycles. The molecule has 1 fully saturated rings. The van der Waals surface area contributed by atoms with E-state index in [1.807, 2.05) is 24.3 Å². The van der Waals surface area contributed by atoms with Crippen LogP contribution in [0.15, 0.2) is 83.5 Å². The highest BCUT2D eigenvalue weighted by molar-refractivity contribution is 6.47. The molecule has 3 aromatic rings. The van der Waals surface area contributed by atoms with E-state index < -0.39 is 29.3 Å². The molecule has 1 atom stereocenters. The first-order chi connectivity index (χ1) is 19.6. The third-order valence-corrected chi connectivity index (χ3v) is 6.38. The van der Waals surface area contributed by atoms with Gasteiger partial charge >= 0.3 is 6.18 Å². The summed E-state index contributed by atoms with van der Waals surface area (Å²) in [5, 5.41) is 14.9. The molecule has 4 rings (SSSR count). The number of methoxy groups -OCH3 is 1. The van der Waals surface area contributed by atoms with E-state index in [1.165, 1.54) is 36.4 Å². The van der Waals surface area contributed by atoms with Crippen LogP contribution in [0.5, 0.6) is 5.75 Å². The molecule has 212 valence electrons. The molecule has 0 aromatic heterocycles. The number of nitrogens with two attached hydrogens (primary N) is 1. The molecule has 1 unspecified atom stereocenters. The van der Waals surface area contributed by atoms with Crippen molar-refractivity contribution in [2.24, 2.45) is 16.6 Å². The summed E-state index contributed by atoms with van der Waals surface area (Å²) in [6.45, 7) is 0.723. The van der Waals surface area contributed by atoms with E-state index in [0.717, 1.165) is 24.9 Å². The lowest BCUT2D eigenvalue weighted by molar-refractivity contribution is -0.110. The largest absolute Gasteiger partial charge is 0.497 e. The van der Waals surface area contributed by atoms with E-state index in [2.05, 4.69) is 15.6 Å². The Bertz CT molecular complexity index is 1520. The SMILES string of the molecule is COc1cccc(C(NCC2CC2)c2ccc(F)c(NC(=O)C(C=C(N)C(F)(F)F)=Nc3cccc(C#N)c3)c2)c1. The van der Waals surface area contributed by atoms with Crippen LogP contribution >= 0.6 is 0 Å². The number of carbonyl (C=O) groups excluding carboxylic acids is 1. The number of halogens is 4. The van der Waals surface area contributed by atoms with Gasteiger partial charge in [0.2, 0.25) is 0 Å². The van der Waals surface area contributed by atoms with Gasteiger partial charge in [-0.25, -0.2) is 9.38 Å². The van der Waals surface area contributed by atoms with Gasteiger partial charge in [-0.15, -0.1) is 0 Å². The number of hydrogen-bond donors (Lipinski definition) is 3. The Kier molecular flexibility index (Phi) is 9.04. The number of hydrogen-bond acceptors (Lipinski definition) is 6. The molecular formula is C30H27F4N5O2. The maximum absolute atomic E-state index is 14.9. The van der Waals surface area contributed by atoms with E-state index in [4.69, 9.17) is 15.7 Å². The van der Waals surface area contributed by atoms with Crippen LogP contribution in [-0.4, -0.2) is 31.4 Å². The molecule has 0 radical (unpaired) electrons. The highest BCUT2D eigenvalue weighted by Gasteiger charge is 2.32. The molecule has 1 amide bonds. The predicted molar refractivity (Wildman–Crippen MR) is 147 cm³/mol. The van der Waals surface area contributed by atoms with Gasteiger partial charge in [0.05, 0.1) is 36.2 Å². The van der Waals surface area contributed by atoms with Crippen molar-refractivity contribution in [3.8, 4) is 11.8 Å². The van der Waals surface area contributed by atoms with Gasteiger partial charge < -0.3 is 21.1 Å². The van der Waals surface area contributed by atoms with Crippen LogP contribution in [0.1, 0.15) is 35.6 Å². The van der Waals surface area contributed by atoms with Crippen molar-refractivity contribution in [2.45, 2.75) is 25.1 Å². The van der Waals surface area contributed by atoms with Crippen molar-refractivity contribution in [1.29, 1.82) is 5.26 Å². The van der Waals surface area contributed by atoms with Crippen molar-refractivity contribution >= 4 is 23.0 Å². The average Bonchev–Trinajstić information content (AvgIpc) is 3.78. The first kappa shape index (κ1) is 29.3. The minimum atomic E-state index is -4.93. The number of alkyl halides is 3. The van der Waals surface area contributed by atoms with Crippen LogP contribution in [-0.2, 0) is 4.79 Å². The maximum Gasteiger partial charge on any atom is 0.430 e. The van der Waals surface area contributed by atoms with Gasteiger partial charge in [-0.3, -0.25) is 4.79 Å². The number of rotatable bonds is 10. The normalized spacial score (nSPS) is 14.7. The lowest BCUT2D eigenvalue weighted by Gasteiger charge is -2.21. The first-order valence-corrected chi connectivity index (χ1v) is 12.7. The topological polar surface area (TPSA) is 113 Å². The second kappa shape index (κ2) is 12.7.